The molecule has 6 nitrogen and oxygen atoms in total. The average Bonchev–Trinajstić information content (AvgIpc) is 2.44. The van der Waals surface area contributed by atoms with Crippen LogP contribution in [0.2, 0.25) is 0 Å². The van der Waals surface area contributed by atoms with Crippen molar-refractivity contribution in [3.8, 4) is 0 Å². The van der Waals surface area contributed by atoms with Gasteiger partial charge in [0.1, 0.15) is 0 Å². The van der Waals surface area contributed by atoms with Gasteiger partial charge in [0.2, 0.25) is 0 Å². The van der Waals surface area contributed by atoms with Crippen LogP contribution in [0.3, 0.4) is 0 Å². The van der Waals surface area contributed by atoms with E-state index in [9.17, 15) is 13.2 Å². The molecule has 1 heterocycles. The van der Waals surface area contributed by atoms with Gasteiger partial charge in [-0.3, -0.25) is 9.54 Å². The maximum absolute atomic E-state index is 10.9. The van der Waals surface area contributed by atoms with E-state index in [0.29, 0.717) is 11.1 Å². The first kappa shape index (κ1) is 9.94. The molecular formula is C8H7NO5S. The lowest BCUT2D eigenvalue weighted by atomic mass is 10.2. The summed E-state index contributed by atoms with van der Waals surface area (Å²) in [7, 11) is -4.28. The molecule has 0 aliphatic rings. The van der Waals surface area contributed by atoms with Crippen molar-refractivity contribution in [2.75, 3.05) is 0 Å². The number of hydrogen-bond donors (Lipinski definition) is 2. The zero-order valence-electron chi connectivity index (χ0n) is 7.64. The van der Waals surface area contributed by atoms with E-state index in [4.69, 9.17) is 8.97 Å². The predicted octanol–water partition coefficient (Wildman–Crippen LogP) is 0.676. The van der Waals surface area contributed by atoms with E-state index >= 15 is 0 Å². The number of aromatic nitrogens is 1. The monoisotopic (exact) mass is 229 g/mol. The molecule has 0 aliphatic carbocycles. The molecule has 7 heteroatoms. The molecule has 2 rings (SSSR count). The molecule has 0 saturated heterocycles. The number of H-pyrrole nitrogens is 1. The zero-order chi connectivity index (χ0) is 11.2. The van der Waals surface area contributed by atoms with Gasteiger partial charge in [0.15, 0.2) is 5.58 Å². The van der Waals surface area contributed by atoms with Gasteiger partial charge >= 0.3 is 5.76 Å². The van der Waals surface area contributed by atoms with E-state index in [-0.39, 0.29) is 10.5 Å². The Kier molecular flexibility index (Phi) is 1.95. The number of fused-ring (bicyclic) bond motifs is 1. The highest BCUT2D eigenvalue weighted by atomic mass is 32.2. The lowest BCUT2D eigenvalue weighted by Gasteiger charge is -1.98. The topological polar surface area (TPSA) is 100 Å². The van der Waals surface area contributed by atoms with Crippen molar-refractivity contribution in [3.63, 3.8) is 0 Å². The van der Waals surface area contributed by atoms with Gasteiger partial charge in [-0.2, -0.15) is 8.42 Å². The Bertz CT molecular complexity index is 679. The van der Waals surface area contributed by atoms with Gasteiger partial charge in [0.25, 0.3) is 10.1 Å². The highest BCUT2D eigenvalue weighted by molar-refractivity contribution is 7.85. The molecule has 0 radical (unpaired) electrons. The normalized spacial score (nSPS) is 12.1. The van der Waals surface area contributed by atoms with E-state index in [0.717, 1.165) is 6.07 Å². The first-order valence-corrected chi connectivity index (χ1v) is 5.43. The van der Waals surface area contributed by atoms with Crippen LogP contribution in [0, 0.1) is 6.92 Å². The number of aryl methyl sites for hydroxylation is 1. The van der Waals surface area contributed by atoms with Crippen LogP contribution in [0.1, 0.15) is 5.56 Å². The summed E-state index contributed by atoms with van der Waals surface area (Å²) in [6.45, 7) is 1.60. The van der Waals surface area contributed by atoms with Gasteiger partial charge in [0, 0.05) is 6.07 Å². The Morgan fingerprint density at radius 3 is 2.67 bits per heavy atom. The standard InChI is InChI=1S/C8H7NO5S/c1-4-2-5(15(11,12)13)3-6-7(4)9-8(10)14-6/h2-3H,1H3,(H,9,10)(H,11,12,13). The van der Waals surface area contributed by atoms with Crippen LogP contribution in [0.4, 0.5) is 0 Å². The quantitative estimate of drug-likeness (QED) is 0.700. The fraction of sp³-hybridized carbons (Fsp3) is 0.125. The minimum absolute atomic E-state index is 0.104. The smallest absolute Gasteiger partial charge is 0.408 e. The summed E-state index contributed by atoms with van der Waals surface area (Å²) in [5.41, 5.74) is 1.03. The van der Waals surface area contributed by atoms with Crippen molar-refractivity contribution in [3.05, 3.63) is 28.2 Å². The molecule has 2 N–H and O–H groups in total. The molecule has 1 aromatic carbocycles. The van der Waals surface area contributed by atoms with Crippen LogP contribution in [0.5, 0.6) is 0 Å². The fourth-order valence-corrected chi connectivity index (χ4v) is 1.92. The number of aromatic amines is 1. The second kappa shape index (κ2) is 2.94. The van der Waals surface area contributed by atoms with E-state index < -0.39 is 15.9 Å². The van der Waals surface area contributed by atoms with Crippen molar-refractivity contribution >= 4 is 21.2 Å². The molecule has 0 amide bonds. The summed E-state index contributed by atoms with van der Waals surface area (Å²) in [6.07, 6.45) is 0. The van der Waals surface area contributed by atoms with Crippen molar-refractivity contribution in [1.82, 2.24) is 4.98 Å². The highest BCUT2D eigenvalue weighted by Gasteiger charge is 2.14. The van der Waals surface area contributed by atoms with Crippen molar-refractivity contribution in [2.45, 2.75) is 11.8 Å². The van der Waals surface area contributed by atoms with E-state index in [2.05, 4.69) is 4.98 Å². The van der Waals surface area contributed by atoms with Crippen LogP contribution in [0.15, 0.2) is 26.2 Å². The average molecular weight is 229 g/mol. The summed E-state index contributed by atoms with van der Waals surface area (Å²) < 4.78 is 35.2. The summed E-state index contributed by atoms with van der Waals surface area (Å²) in [5, 5.41) is 0. The SMILES string of the molecule is Cc1cc(S(=O)(=O)O)cc2oc(=O)[nH]c12. The Morgan fingerprint density at radius 1 is 1.40 bits per heavy atom. The molecule has 1 aromatic heterocycles. The van der Waals surface area contributed by atoms with Gasteiger partial charge in [-0.05, 0) is 18.6 Å². The van der Waals surface area contributed by atoms with Gasteiger partial charge in [-0.15, -0.1) is 0 Å². The van der Waals surface area contributed by atoms with Crippen LogP contribution >= 0.6 is 0 Å². The second-order valence-electron chi connectivity index (χ2n) is 3.10. The summed E-state index contributed by atoms with van der Waals surface area (Å²) in [6, 6.07) is 2.35. The summed E-state index contributed by atoms with van der Waals surface area (Å²) in [4.78, 5) is 13.0. The highest BCUT2D eigenvalue weighted by Crippen LogP contribution is 2.20. The van der Waals surface area contributed by atoms with Crippen molar-refractivity contribution in [2.24, 2.45) is 0 Å². The fourth-order valence-electron chi connectivity index (χ4n) is 1.34. The molecule has 80 valence electrons. The number of nitrogens with one attached hydrogen (secondary N) is 1. The Balaban J connectivity index is 2.89. The second-order valence-corrected chi connectivity index (χ2v) is 4.52. The number of benzene rings is 1. The maximum atomic E-state index is 10.9. The predicted molar refractivity (Wildman–Crippen MR) is 51.4 cm³/mol. The molecule has 15 heavy (non-hydrogen) atoms. The molecule has 0 fully saturated rings. The maximum Gasteiger partial charge on any atom is 0.417 e. The lowest BCUT2D eigenvalue weighted by Crippen LogP contribution is -1.98. The first-order valence-electron chi connectivity index (χ1n) is 3.99. The number of oxazole rings is 1. The largest absolute Gasteiger partial charge is 0.417 e. The van der Waals surface area contributed by atoms with Crippen LogP contribution in [0.25, 0.3) is 11.1 Å². The molecule has 0 unspecified atom stereocenters. The van der Waals surface area contributed by atoms with Crippen molar-refractivity contribution < 1.29 is 17.4 Å². The number of hydrogen-bond acceptors (Lipinski definition) is 4. The van der Waals surface area contributed by atoms with Gasteiger partial charge in [-0.1, -0.05) is 0 Å². The molecule has 0 aliphatic heterocycles. The molecule has 0 atom stereocenters. The van der Waals surface area contributed by atoms with E-state index in [1.165, 1.54) is 6.07 Å². The third-order valence-electron chi connectivity index (χ3n) is 2.00. The summed E-state index contributed by atoms with van der Waals surface area (Å²) in [5.74, 6) is -0.666. The van der Waals surface area contributed by atoms with E-state index in [1.54, 1.807) is 6.92 Å². The third kappa shape index (κ3) is 1.66. The minimum Gasteiger partial charge on any atom is -0.408 e. The Labute approximate surface area is 84.3 Å². The zero-order valence-corrected chi connectivity index (χ0v) is 8.46. The van der Waals surface area contributed by atoms with Crippen molar-refractivity contribution in [1.29, 1.82) is 0 Å². The van der Waals surface area contributed by atoms with Gasteiger partial charge in [0.05, 0.1) is 10.4 Å². The first-order chi connectivity index (χ1) is 6.88. The summed E-state index contributed by atoms with van der Waals surface area (Å²) >= 11 is 0. The molecular weight excluding hydrogens is 222 g/mol. The van der Waals surface area contributed by atoms with Crippen LogP contribution in [-0.4, -0.2) is 18.0 Å². The molecule has 0 saturated carbocycles. The van der Waals surface area contributed by atoms with Gasteiger partial charge < -0.3 is 4.42 Å². The lowest BCUT2D eigenvalue weighted by molar-refractivity contribution is 0.482. The molecule has 0 spiro atoms. The Hall–Kier alpha value is -1.60. The number of rotatable bonds is 1. The van der Waals surface area contributed by atoms with Crippen LogP contribution < -0.4 is 5.76 Å². The third-order valence-corrected chi connectivity index (χ3v) is 2.83. The minimum atomic E-state index is -4.28. The van der Waals surface area contributed by atoms with E-state index in [1.807, 2.05) is 0 Å². The van der Waals surface area contributed by atoms with Gasteiger partial charge in [-0.25, -0.2) is 4.79 Å². The molecule has 2 aromatic rings. The molecule has 0 bridgehead atoms. The van der Waals surface area contributed by atoms with Crippen LogP contribution in [-0.2, 0) is 10.1 Å². The Morgan fingerprint density at radius 2 is 2.07 bits per heavy atom.